The van der Waals surface area contributed by atoms with Crippen LogP contribution in [0, 0.1) is 0 Å². The Balaban J connectivity index is 2.14. The molecule has 27 heavy (non-hydrogen) atoms. The van der Waals surface area contributed by atoms with Crippen LogP contribution in [0.1, 0.15) is 6.92 Å². The van der Waals surface area contributed by atoms with Crippen LogP contribution in [0.2, 0.25) is 0 Å². The first-order valence-electron chi connectivity index (χ1n) is 8.26. The molecule has 1 aromatic heterocycles. The van der Waals surface area contributed by atoms with Gasteiger partial charge in [-0.1, -0.05) is 0 Å². The van der Waals surface area contributed by atoms with E-state index in [9.17, 15) is 14.4 Å². The fourth-order valence-electron chi connectivity index (χ4n) is 2.89. The number of aromatic nitrogens is 2. The normalized spacial score (nSPS) is 14.4. The molecule has 0 aliphatic carbocycles. The first-order valence-corrected chi connectivity index (χ1v) is 8.26. The van der Waals surface area contributed by atoms with Gasteiger partial charge in [0.2, 0.25) is 0 Å². The Morgan fingerprint density at radius 2 is 1.96 bits per heavy atom. The first kappa shape index (κ1) is 18.6. The molecule has 0 unspecified atom stereocenters. The van der Waals surface area contributed by atoms with Gasteiger partial charge in [-0.2, -0.15) is 0 Å². The lowest BCUT2D eigenvalue weighted by Gasteiger charge is -2.31. The highest BCUT2D eigenvalue weighted by Crippen LogP contribution is 2.28. The Morgan fingerprint density at radius 3 is 2.63 bits per heavy atom. The van der Waals surface area contributed by atoms with E-state index in [0.29, 0.717) is 23.1 Å². The Labute approximate surface area is 154 Å². The molecule has 0 amide bonds. The molecule has 3 rings (SSSR count). The van der Waals surface area contributed by atoms with Crippen molar-refractivity contribution in [2.24, 2.45) is 0 Å². The van der Waals surface area contributed by atoms with Crippen molar-refractivity contribution >= 4 is 28.5 Å². The van der Waals surface area contributed by atoms with Gasteiger partial charge in [0.15, 0.2) is 0 Å². The number of ether oxygens (including phenoxy) is 3. The van der Waals surface area contributed by atoms with E-state index >= 15 is 0 Å². The number of carbonyl (C=O) groups is 2. The highest BCUT2D eigenvalue weighted by atomic mass is 16.5. The summed E-state index contributed by atoms with van der Waals surface area (Å²) in [5.41, 5.74) is 0.951. The predicted octanol–water partition coefficient (Wildman–Crippen LogP) is 0.811. The number of nitrogens with zero attached hydrogens (tertiary/aromatic N) is 3. The molecule has 9 heteroatoms. The minimum Gasteiger partial charge on any atom is -0.466 e. The van der Waals surface area contributed by atoms with Crippen molar-refractivity contribution in [3.05, 3.63) is 46.2 Å². The maximum Gasteiger partial charge on any atom is 0.355 e. The molecule has 0 saturated heterocycles. The molecule has 0 N–H and O–H groups in total. The average molecular weight is 373 g/mol. The second-order valence-corrected chi connectivity index (χ2v) is 5.75. The largest absolute Gasteiger partial charge is 0.466 e. The molecular weight excluding hydrogens is 354 g/mol. The highest BCUT2D eigenvalue weighted by molar-refractivity contribution is 6.03. The second kappa shape index (κ2) is 7.58. The summed E-state index contributed by atoms with van der Waals surface area (Å²) in [6.07, 6.45) is 1.47. The lowest BCUT2D eigenvalue weighted by molar-refractivity contribution is -0.140. The topological polar surface area (TPSA) is 100.0 Å². The van der Waals surface area contributed by atoms with Gasteiger partial charge in [0, 0.05) is 12.2 Å². The summed E-state index contributed by atoms with van der Waals surface area (Å²) in [7, 11) is 2.45. The summed E-state index contributed by atoms with van der Waals surface area (Å²) in [6.45, 7) is 2.33. The third-order valence-corrected chi connectivity index (χ3v) is 4.29. The smallest absolute Gasteiger partial charge is 0.355 e. The van der Waals surface area contributed by atoms with Gasteiger partial charge in [-0.15, -0.1) is 0 Å². The minimum absolute atomic E-state index is 0.0302. The number of hydrogen-bond acceptors (Lipinski definition) is 8. The molecule has 2 heterocycles. The van der Waals surface area contributed by atoms with E-state index in [-0.39, 0.29) is 30.2 Å². The Kier molecular flexibility index (Phi) is 5.22. The molecule has 142 valence electrons. The van der Waals surface area contributed by atoms with Crippen molar-refractivity contribution in [3.63, 3.8) is 0 Å². The van der Waals surface area contributed by atoms with Crippen molar-refractivity contribution in [2.45, 2.75) is 13.5 Å². The number of esters is 2. The van der Waals surface area contributed by atoms with Crippen molar-refractivity contribution in [1.82, 2.24) is 9.55 Å². The van der Waals surface area contributed by atoms with Gasteiger partial charge in [-0.05, 0) is 25.1 Å². The maximum atomic E-state index is 12.4. The Bertz CT molecular complexity index is 994. The molecule has 1 aliphatic heterocycles. The zero-order valence-corrected chi connectivity index (χ0v) is 15.2. The Morgan fingerprint density at radius 1 is 1.22 bits per heavy atom. The third-order valence-electron chi connectivity index (χ3n) is 4.29. The summed E-state index contributed by atoms with van der Waals surface area (Å²) in [4.78, 5) is 42.6. The molecular formula is C18H19N3O6. The molecule has 0 bridgehead atoms. The average Bonchev–Trinajstić information content (AvgIpc) is 2.72. The van der Waals surface area contributed by atoms with Gasteiger partial charge in [-0.25, -0.2) is 14.6 Å². The van der Waals surface area contributed by atoms with Crippen LogP contribution in [-0.2, 0) is 30.3 Å². The third kappa shape index (κ3) is 3.28. The monoisotopic (exact) mass is 373 g/mol. The first-order chi connectivity index (χ1) is 13.0. The summed E-state index contributed by atoms with van der Waals surface area (Å²) >= 11 is 0. The van der Waals surface area contributed by atoms with Crippen LogP contribution in [0.25, 0.3) is 10.9 Å². The number of aryl methyl sites for hydroxylation is 1. The summed E-state index contributed by atoms with van der Waals surface area (Å²) in [5, 5.41) is 0.456. The van der Waals surface area contributed by atoms with Gasteiger partial charge in [0.05, 0.1) is 43.6 Å². The van der Waals surface area contributed by atoms with Crippen LogP contribution in [0.5, 0.6) is 0 Å². The van der Waals surface area contributed by atoms with Gasteiger partial charge < -0.3 is 19.1 Å². The van der Waals surface area contributed by atoms with Gasteiger partial charge in [0.25, 0.3) is 5.56 Å². The zero-order valence-electron chi connectivity index (χ0n) is 15.2. The zero-order chi connectivity index (χ0) is 19.6. The van der Waals surface area contributed by atoms with E-state index in [0.717, 1.165) is 0 Å². The van der Waals surface area contributed by atoms with E-state index in [1.54, 1.807) is 18.2 Å². The van der Waals surface area contributed by atoms with Gasteiger partial charge in [0.1, 0.15) is 12.4 Å². The standard InChI is InChI=1S/C18H19N3O6/c1-4-20-9-19-14-7-11(5-6-12(14)16(20)22)21-10-27-8-13(17(23)25-2)15(21)18(24)26-3/h5-7,9H,4,8,10H2,1-3H3. The fraction of sp³-hybridized carbons (Fsp3) is 0.333. The minimum atomic E-state index is -0.687. The van der Waals surface area contributed by atoms with Crippen molar-refractivity contribution in [2.75, 3.05) is 32.5 Å². The fourth-order valence-corrected chi connectivity index (χ4v) is 2.89. The number of anilines is 1. The highest BCUT2D eigenvalue weighted by Gasteiger charge is 2.32. The van der Waals surface area contributed by atoms with Crippen LogP contribution in [0.4, 0.5) is 5.69 Å². The summed E-state index contributed by atoms with van der Waals surface area (Å²) in [5.74, 6) is -1.36. The lowest BCUT2D eigenvalue weighted by Crippen LogP contribution is -2.38. The van der Waals surface area contributed by atoms with Crippen LogP contribution in [0.3, 0.4) is 0 Å². The van der Waals surface area contributed by atoms with Crippen molar-refractivity contribution in [3.8, 4) is 0 Å². The van der Waals surface area contributed by atoms with E-state index in [4.69, 9.17) is 14.2 Å². The number of hydrogen-bond donors (Lipinski definition) is 0. The predicted molar refractivity (Wildman–Crippen MR) is 96.0 cm³/mol. The quantitative estimate of drug-likeness (QED) is 0.726. The second-order valence-electron chi connectivity index (χ2n) is 5.75. The van der Waals surface area contributed by atoms with Gasteiger partial charge >= 0.3 is 11.9 Å². The van der Waals surface area contributed by atoms with E-state index in [1.807, 2.05) is 6.92 Å². The molecule has 0 radical (unpaired) electrons. The van der Waals surface area contributed by atoms with E-state index < -0.39 is 11.9 Å². The molecule has 0 atom stereocenters. The van der Waals surface area contributed by atoms with E-state index in [1.165, 1.54) is 30.0 Å². The molecule has 0 spiro atoms. The van der Waals surface area contributed by atoms with Crippen LogP contribution in [0.15, 0.2) is 40.6 Å². The summed E-state index contributed by atoms with van der Waals surface area (Å²) in [6, 6.07) is 4.95. The number of methoxy groups -OCH3 is 2. The van der Waals surface area contributed by atoms with Crippen LogP contribution >= 0.6 is 0 Å². The van der Waals surface area contributed by atoms with Crippen molar-refractivity contribution < 1.29 is 23.8 Å². The molecule has 1 aromatic carbocycles. The maximum absolute atomic E-state index is 12.4. The molecule has 1 aliphatic rings. The molecule has 0 saturated carbocycles. The number of benzene rings is 1. The lowest BCUT2D eigenvalue weighted by atomic mass is 10.1. The van der Waals surface area contributed by atoms with Crippen LogP contribution < -0.4 is 10.5 Å². The SMILES string of the molecule is CCn1cnc2cc(N3COCC(C(=O)OC)=C3C(=O)OC)ccc2c1=O. The molecule has 0 fully saturated rings. The number of rotatable bonds is 4. The number of fused-ring (bicyclic) bond motifs is 1. The molecule has 9 nitrogen and oxygen atoms in total. The van der Waals surface area contributed by atoms with Gasteiger partial charge in [-0.3, -0.25) is 9.36 Å². The van der Waals surface area contributed by atoms with Crippen LogP contribution in [-0.4, -0.2) is 49.0 Å². The number of carbonyl (C=O) groups excluding carboxylic acids is 2. The summed E-state index contributed by atoms with van der Waals surface area (Å²) < 4.78 is 16.5. The molecule has 2 aromatic rings. The Hall–Kier alpha value is -3.20. The van der Waals surface area contributed by atoms with Crippen molar-refractivity contribution in [1.29, 1.82) is 0 Å². The van der Waals surface area contributed by atoms with E-state index in [2.05, 4.69) is 4.98 Å².